The number of rotatable bonds is 6. The van der Waals surface area contributed by atoms with E-state index in [1.165, 1.54) is 67.8 Å². The lowest BCUT2D eigenvalue weighted by Crippen LogP contribution is -2.09. The van der Waals surface area contributed by atoms with E-state index in [0.29, 0.717) is 16.9 Å². The molecule has 0 aliphatic heterocycles. The van der Waals surface area contributed by atoms with Crippen LogP contribution in [0, 0.1) is 11.6 Å². The van der Waals surface area contributed by atoms with Crippen LogP contribution in [0.15, 0.2) is 84.9 Å². The van der Waals surface area contributed by atoms with Crippen LogP contribution in [-0.4, -0.2) is 24.2 Å². The van der Waals surface area contributed by atoms with Gasteiger partial charge in [-0.2, -0.15) is 0 Å². The lowest BCUT2D eigenvalue weighted by molar-refractivity contribution is 0.0718. The molecule has 0 radical (unpaired) electrons. The minimum atomic E-state index is -0.829. The van der Waals surface area contributed by atoms with Crippen molar-refractivity contribution in [2.45, 2.75) is 0 Å². The smallest absolute Gasteiger partial charge is 0.343 e. The summed E-state index contributed by atoms with van der Waals surface area (Å²) in [6.07, 6.45) is 0. The molecule has 0 atom stereocenters. The lowest BCUT2D eigenvalue weighted by atomic mass is 10.0. The summed E-state index contributed by atoms with van der Waals surface area (Å²) in [7, 11) is 1.49. The SMILES string of the molecule is COc1ccc(C(=O)Oc2ccc(-c3ccc(OC(=O)c4ccc(O)cc4)c(F)c3)cc2F)cc1. The number of phenolic OH excluding ortho intramolecular Hbond substituents is 1. The van der Waals surface area contributed by atoms with E-state index in [-0.39, 0.29) is 28.4 Å². The van der Waals surface area contributed by atoms with E-state index < -0.39 is 23.6 Å². The summed E-state index contributed by atoms with van der Waals surface area (Å²) in [6.45, 7) is 0. The highest BCUT2D eigenvalue weighted by Crippen LogP contribution is 2.30. The van der Waals surface area contributed by atoms with Gasteiger partial charge in [0.25, 0.3) is 0 Å². The van der Waals surface area contributed by atoms with Crippen LogP contribution in [-0.2, 0) is 0 Å². The second-order valence-electron chi connectivity index (χ2n) is 7.34. The van der Waals surface area contributed by atoms with Gasteiger partial charge >= 0.3 is 11.9 Å². The van der Waals surface area contributed by atoms with Gasteiger partial charge < -0.3 is 19.3 Å². The number of esters is 2. The first-order chi connectivity index (χ1) is 16.8. The Kier molecular flexibility index (Phi) is 6.73. The van der Waals surface area contributed by atoms with E-state index in [0.717, 1.165) is 12.1 Å². The highest BCUT2D eigenvalue weighted by Gasteiger charge is 2.16. The summed E-state index contributed by atoms with van der Waals surface area (Å²) < 4.78 is 44.4. The molecule has 0 amide bonds. The predicted octanol–water partition coefficient (Wildman–Crippen LogP) is 5.78. The Balaban J connectivity index is 1.47. The van der Waals surface area contributed by atoms with Crippen LogP contribution in [0.4, 0.5) is 8.78 Å². The van der Waals surface area contributed by atoms with Crippen molar-refractivity contribution in [3.8, 4) is 34.1 Å². The first kappa shape index (κ1) is 23.4. The van der Waals surface area contributed by atoms with Gasteiger partial charge in [-0.3, -0.25) is 0 Å². The number of hydrogen-bond acceptors (Lipinski definition) is 6. The molecule has 0 heterocycles. The molecule has 176 valence electrons. The summed E-state index contributed by atoms with van der Waals surface area (Å²) in [5.41, 5.74) is 0.989. The molecule has 0 unspecified atom stereocenters. The van der Waals surface area contributed by atoms with Gasteiger partial charge in [-0.25, -0.2) is 18.4 Å². The van der Waals surface area contributed by atoms with Crippen molar-refractivity contribution in [2.24, 2.45) is 0 Å². The fraction of sp³-hybridized carbons (Fsp3) is 0.0370. The average molecular weight is 476 g/mol. The van der Waals surface area contributed by atoms with Gasteiger partial charge in [0.2, 0.25) is 0 Å². The Morgan fingerprint density at radius 3 is 1.49 bits per heavy atom. The predicted molar refractivity (Wildman–Crippen MR) is 123 cm³/mol. The largest absolute Gasteiger partial charge is 0.508 e. The number of carbonyl (C=O) groups excluding carboxylic acids is 2. The van der Waals surface area contributed by atoms with Gasteiger partial charge in [-0.1, -0.05) is 12.1 Å². The summed E-state index contributed by atoms with van der Waals surface area (Å²) in [5.74, 6) is -3.24. The van der Waals surface area contributed by atoms with Gasteiger partial charge in [0.05, 0.1) is 18.2 Å². The Morgan fingerprint density at radius 2 is 1.09 bits per heavy atom. The number of benzene rings is 4. The van der Waals surface area contributed by atoms with Gasteiger partial charge in [-0.15, -0.1) is 0 Å². The molecule has 0 bridgehead atoms. The van der Waals surface area contributed by atoms with Crippen LogP contribution in [0.25, 0.3) is 11.1 Å². The third-order valence-electron chi connectivity index (χ3n) is 5.03. The molecule has 0 aliphatic rings. The number of aromatic hydroxyl groups is 1. The molecule has 4 rings (SSSR count). The van der Waals surface area contributed by atoms with E-state index in [9.17, 15) is 23.5 Å². The zero-order valence-electron chi connectivity index (χ0n) is 18.3. The first-order valence-corrected chi connectivity index (χ1v) is 10.3. The molecule has 1 N–H and O–H groups in total. The Labute approximate surface area is 198 Å². The van der Waals surface area contributed by atoms with Gasteiger partial charge in [0, 0.05) is 0 Å². The number of carbonyl (C=O) groups is 2. The molecular formula is C27H18F2O6. The van der Waals surface area contributed by atoms with Crippen LogP contribution in [0.5, 0.6) is 23.0 Å². The summed E-state index contributed by atoms with van der Waals surface area (Å²) in [6, 6.07) is 19.1. The monoisotopic (exact) mass is 476 g/mol. The molecule has 0 spiro atoms. The van der Waals surface area contributed by atoms with Crippen LogP contribution in [0.3, 0.4) is 0 Å². The zero-order chi connectivity index (χ0) is 24.9. The van der Waals surface area contributed by atoms with Crippen molar-refractivity contribution in [2.75, 3.05) is 7.11 Å². The first-order valence-electron chi connectivity index (χ1n) is 10.3. The number of hydrogen-bond donors (Lipinski definition) is 1. The zero-order valence-corrected chi connectivity index (χ0v) is 18.3. The van der Waals surface area contributed by atoms with Crippen molar-refractivity contribution in [1.29, 1.82) is 0 Å². The topological polar surface area (TPSA) is 82.1 Å². The summed E-state index contributed by atoms with van der Waals surface area (Å²) >= 11 is 0. The second kappa shape index (κ2) is 10.0. The summed E-state index contributed by atoms with van der Waals surface area (Å²) in [4.78, 5) is 24.4. The lowest BCUT2D eigenvalue weighted by Gasteiger charge is -2.10. The van der Waals surface area contributed by atoms with Crippen molar-refractivity contribution in [1.82, 2.24) is 0 Å². The second-order valence-corrected chi connectivity index (χ2v) is 7.34. The maximum atomic E-state index is 14.6. The van der Waals surface area contributed by atoms with Crippen LogP contribution >= 0.6 is 0 Å². The van der Waals surface area contributed by atoms with Gasteiger partial charge in [0.15, 0.2) is 23.1 Å². The van der Waals surface area contributed by atoms with Gasteiger partial charge in [-0.05, 0) is 83.9 Å². The molecule has 6 nitrogen and oxygen atoms in total. The molecular weight excluding hydrogens is 458 g/mol. The van der Waals surface area contributed by atoms with Crippen LogP contribution in [0.1, 0.15) is 20.7 Å². The Morgan fingerprint density at radius 1 is 0.657 bits per heavy atom. The number of phenols is 1. The van der Waals surface area contributed by atoms with Crippen molar-refractivity contribution in [3.63, 3.8) is 0 Å². The maximum Gasteiger partial charge on any atom is 0.343 e. The highest BCUT2D eigenvalue weighted by atomic mass is 19.1. The standard InChI is InChI=1S/C27H18F2O6/c1-33-21-10-4-17(5-11-21)27(32)35-25-13-7-19(15-23(25)29)18-6-12-24(22(28)14-18)34-26(31)16-2-8-20(30)9-3-16/h2-15,30H,1H3. The third kappa shape index (κ3) is 5.44. The molecule has 4 aromatic carbocycles. The maximum absolute atomic E-state index is 14.6. The Hall–Kier alpha value is -4.72. The fourth-order valence-electron chi connectivity index (χ4n) is 3.17. The van der Waals surface area contributed by atoms with E-state index >= 15 is 0 Å². The molecule has 0 saturated carbocycles. The molecule has 8 heteroatoms. The average Bonchev–Trinajstić information content (AvgIpc) is 2.86. The van der Waals surface area contributed by atoms with Gasteiger partial charge in [0.1, 0.15) is 11.5 Å². The molecule has 0 aliphatic carbocycles. The summed E-state index contributed by atoms with van der Waals surface area (Å²) in [5, 5.41) is 9.29. The van der Waals surface area contributed by atoms with E-state index in [1.54, 1.807) is 12.1 Å². The molecule has 0 saturated heterocycles. The number of ether oxygens (including phenoxy) is 3. The van der Waals surface area contributed by atoms with Crippen molar-refractivity contribution >= 4 is 11.9 Å². The number of halogens is 2. The minimum Gasteiger partial charge on any atom is -0.508 e. The van der Waals surface area contributed by atoms with Crippen molar-refractivity contribution in [3.05, 3.63) is 108 Å². The van der Waals surface area contributed by atoms with Crippen LogP contribution < -0.4 is 14.2 Å². The third-order valence-corrected chi connectivity index (χ3v) is 5.03. The molecule has 0 aromatic heterocycles. The van der Waals surface area contributed by atoms with E-state index in [2.05, 4.69) is 0 Å². The molecule has 0 fully saturated rings. The van der Waals surface area contributed by atoms with E-state index in [1.807, 2.05) is 0 Å². The Bertz CT molecular complexity index is 1380. The fourth-order valence-corrected chi connectivity index (χ4v) is 3.17. The van der Waals surface area contributed by atoms with E-state index in [4.69, 9.17) is 14.2 Å². The minimum absolute atomic E-state index is 0.0224. The van der Waals surface area contributed by atoms with Crippen molar-refractivity contribution < 1.29 is 37.7 Å². The van der Waals surface area contributed by atoms with Crippen LogP contribution in [0.2, 0.25) is 0 Å². The normalized spacial score (nSPS) is 10.5. The highest BCUT2D eigenvalue weighted by molar-refractivity contribution is 5.92. The number of methoxy groups -OCH3 is 1. The molecule has 35 heavy (non-hydrogen) atoms. The quantitative estimate of drug-likeness (QED) is 0.280. The molecule has 4 aromatic rings.